The molecule has 1 N–H and O–H groups in total. The maximum absolute atomic E-state index is 11.7. The Labute approximate surface area is 92.8 Å². The average Bonchev–Trinajstić information content (AvgIpc) is 2.64. The van der Waals surface area contributed by atoms with Crippen LogP contribution in [0, 0.1) is 6.92 Å². The van der Waals surface area contributed by atoms with Gasteiger partial charge >= 0.3 is 5.97 Å². The number of aromatic amines is 1. The summed E-state index contributed by atoms with van der Waals surface area (Å²) >= 11 is 0. The number of nitrogens with one attached hydrogen (secondary N) is 1. The second-order valence-corrected chi connectivity index (χ2v) is 3.21. The third-order valence-electron chi connectivity index (χ3n) is 1.81. The predicted molar refractivity (Wildman–Crippen MR) is 54.7 cm³/mol. The second-order valence-electron chi connectivity index (χ2n) is 3.21. The number of aryl methyl sites for hydroxylation is 1. The summed E-state index contributed by atoms with van der Waals surface area (Å²) in [4.78, 5) is 27.9. The van der Waals surface area contributed by atoms with Gasteiger partial charge in [0.2, 0.25) is 5.82 Å². The maximum Gasteiger partial charge on any atom is 0.325 e. The van der Waals surface area contributed by atoms with E-state index in [0.29, 0.717) is 12.4 Å². The normalized spacial score (nSPS) is 9.94. The van der Waals surface area contributed by atoms with E-state index in [4.69, 9.17) is 4.74 Å². The third kappa shape index (κ3) is 3.04. The molecule has 1 aromatic heterocycles. The summed E-state index contributed by atoms with van der Waals surface area (Å²) in [6.45, 7) is 3.58. The molecule has 16 heavy (non-hydrogen) atoms. The molecule has 1 rings (SSSR count). The van der Waals surface area contributed by atoms with Crippen LogP contribution in [0.5, 0.6) is 0 Å². The number of esters is 1. The van der Waals surface area contributed by atoms with Crippen LogP contribution in [0.2, 0.25) is 0 Å². The van der Waals surface area contributed by atoms with Crippen LogP contribution in [0.1, 0.15) is 23.4 Å². The Hall–Kier alpha value is -1.92. The highest BCUT2D eigenvalue weighted by Crippen LogP contribution is 1.97. The van der Waals surface area contributed by atoms with Crippen LogP contribution in [0.3, 0.4) is 0 Å². The Morgan fingerprint density at radius 3 is 2.69 bits per heavy atom. The lowest BCUT2D eigenvalue weighted by Gasteiger charge is -2.13. The molecule has 0 radical (unpaired) electrons. The zero-order valence-electron chi connectivity index (χ0n) is 9.48. The second kappa shape index (κ2) is 5.24. The van der Waals surface area contributed by atoms with E-state index < -0.39 is 11.9 Å². The molecule has 88 valence electrons. The number of hydrogen-bond donors (Lipinski definition) is 1. The lowest BCUT2D eigenvalue weighted by Crippen LogP contribution is -2.33. The monoisotopic (exact) mass is 226 g/mol. The van der Waals surface area contributed by atoms with E-state index in [1.807, 2.05) is 0 Å². The van der Waals surface area contributed by atoms with Gasteiger partial charge < -0.3 is 9.64 Å². The van der Waals surface area contributed by atoms with Crippen molar-refractivity contribution in [3.05, 3.63) is 11.6 Å². The van der Waals surface area contributed by atoms with Crippen LogP contribution >= 0.6 is 0 Å². The van der Waals surface area contributed by atoms with Crippen molar-refractivity contribution in [2.75, 3.05) is 20.2 Å². The first-order valence-corrected chi connectivity index (χ1v) is 4.84. The van der Waals surface area contributed by atoms with Crippen molar-refractivity contribution in [1.29, 1.82) is 0 Å². The van der Waals surface area contributed by atoms with Gasteiger partial charge in [0.25, 0.3) is 5.91 Å². The summed E-state index contributed by atoms with van der Waals surface area (Å²) in [5.41, 5.74) is 0. The van der Waals surface area contributed by atoms with Gasteiger partial charge in [0, 0.05) is 7.05 Å². The highest BCUT2D eigenvalue weighted by molar-refractivity contribution is 5.92. The van der Waals surface area contributed by atoms with Crippen LogP contribution in [-0.2, 0) is 9.53 Å². The van der Waals surface area contributed by atoms with Gasteiger partial charge in [-0.05, 0) is 13.8 Å². The summed E-state index contributed by atoms with van der Waals surface area (Å²) < 4.78 is 4.72. The number of likely N-dealkylation sites (N-methyl/N-ethyl adjacent to an activating group) is 1. The first-order chi connectivity index (χ1) is 7.54. The number of ether oxygens (including phenoxy) is 1. The number of rotatable bonds is 4. The highest BCUT2D eigenvalue weighted by atomic mass is 16.5. The van der Waals surface area contributed by atoms with Crippen molar-refractivity contribution < 1.29 is 14.3 Å². The molecule has 7 nitrogen and oxygen atoms in total. The number of carbonyl (C=O) groups is 2. The first kappa shape index (κ1) is 12.2. The number of aromatic nitrogens is 3. The Morgan fingerprint density at radius 2 is 2.19 bits per heavy atom. The number of carbonyl (C=O) groups excluding carboxylic acids is 2. The molecule has 7 heteroatoms. The highest BCUT2D eigenvalue weighted by Gasteiger charge is 2.18. The Balaban J connectivity index is 2.57. The number of amides is 1. The van der Waals surface area contributed by atoms with Crippen LogP contribution in [0.4, 0.5) is 0 Å². The molecule has 1 amide bonds. The largest absolute Gasteiger partial charge is 0.465 e. The molecule has 0 saturated heterocycles. The van der Waals surface area contributed by atoms with Crippen molar-refractivity contribution in [3.63, 3.8) is 0 Å². The Bertz CT molecular complexity index is 388. The van der Waals surface area contributed by atoms with E-state index in [0.717, 1.165) is 0 Å². The van der Waals surface area contributed by atoms with Gasteiger partial charge in [-0.15, -0.1) is 5.10 Å². The Kier molecular flexibility index (Phi) is 3.98. The molecular formula is C9H14N4O3. The molecular weight excluding hydrogens is 212 g/mol. The Morgan fingerprint density at radius 1 is 1.50 bits per heavy atom. The van der Waals surface area contributed by atoms with Gasteiger partial charge in [-0.3, -0.25) is 14.7 Å². The van der Waals surface area contributed by atoms with E-state index in [1.54, 1.807) is 13.8 Å². The predicted octanol–water partition coefficient (Wildman–Crippen LogP) is -0.252. The summed E-state index contributed by atoms with van der Waals surface area (Å²) in [6.07, 6.45) is 0. The minimum atomic E-state index is -0.453. The fourth-order valence-electron chi connectivity index (χ4n) is 1.08. The number of nitrogens with zero attached hydrogens (tertiary/aromatic N) is 3. The van der Waals surface area contributed by atoms with E-state index in [1.165, 1.54) is 11.9 Å². The van der Waals surface area contributed by atoms with Crippen LogP contribution in [-0.4, -0.2) is 52.2 Å². The zero-order chi connectivity index (χ0) is 12.1. The minimum Gasteiger partial charge on any atom is -0.465 e. The smallest absolute Gasteiger partial charge is 0.325 e. The number of hydrogen-bond acceptors (Lipinski definition) is 5. The molecule has 1 aromatic rings. The molecule has 0 bridgehead atoms. The SMILES string of the molecule is CCOC(=O)CN(C)C(=O)c1n[nH]c(C)n1. The molecule has 0 aliphatic rings. The summed E-state index contributed by atoms with van der Waals surface area (Å²) in [5.74, 6) is -0.278. The third-order valence-corrected chi connectivity index (χ3v) is 1.81. The summed E-state index contributed by atoms with van der Waals surface area (Å²) in [6, 6.07) is 0. The zero-order valence-corrected chi connectivity index (χ0v) is 9.48. The van der Waals surface area contributed by atoms with Crippen LogP contribution < -0.4 is 0 Å². The molecule has 0 saturated carbocycles. The fourth-order valence-corrected chi connectivity index (χ4v) is 1.08. The molecule has 0 aliphatic heterocycles. The summed E-state index contributed by atoms with van der Waals surface area (Å²) in [5, 5.41) is 6.27. The van der Waals surface area contributed by atoms with Crippen molar-refractivity contribution in [2.24, 2.45) is 0 Å². The van der Waals surface area contributed by atoms with Gasteiger partial charge in [-0.2, -0.15) is 0 Å². The molecule has 0 fully saturated rings. The maximum atomic E-state index is 11.7. The molecule has 1 heterocycles. The molecule has 0 atom stereocenters. The van der Waals surface area contributed by atoms with E-state index in [-0.39, 0.29) is 12.4 Å². The van der Waals surface area contributed by atoms with Crippen molar-refractivity contribution in [3.8, 4) is 0 Å². The average molecular weight is 226 g/mol. The van der Waals surface area contributed by atoms with Crippen molar-refractivity contribution >= 4 is 11.9 Å². The molecule has 0 aromatic carbocycles. The number of H-pyrrole nitrogens is 1. The van der Waals surface area contributed by atoms with E-state index in [2.05, 4.69) is 15.2 Å². The molecule has 0 unspecified atom stereocenters. The molecule has 0 spiro atoms. The van der Waals surface area contributed by atoms with E-state index >= 15 is 0 Å². The minimum absolute atomic E-state index is 0.0456. The molecule has 0 aliphatic carbocycles. The van der Waals surface area contributed by atoms with Gasteiger partial charge in [0.15, 0.2) is 0 Å². The van der Waals surface area contributed by atoms with Gasteiger partial charge in [-0.1, -0.05) is 0 Å². The topological polar surface area (TPSA) is 88.2 Å². The lowest BCUT2D eigenvalue weighted by atomic mass is 10.4. The van der Waals surface area contributed by atoms with Crippen LogP contribution in [0.25, 0.3) is 0 Å². The lowest BCUT2D eigenvalue weighted by molar-refractivity contribution is -0.143. The fraction of sp³-hybridized carbons (Fsp3) is 0.556. The quantitative estimate of drug-likeness (QED) is 0.715. The van der Waals surface area contributed by atoms with Crippen LogP contribution in [0.15, 0.2) is 0 Å². The first-order valence-electron chi connectivity index (χ1n) is 4.84. The summed E-state index contributed by atoms with van der Waals surface area (Å²) in [7, 11) is 1.49. The van der Waals surface area contributed by atoms with Crippen molar-refractivity contribution in [1.82, 2.24) is 20.1 Å². The van der Waals surface area contributed by atoms with Crippen molar-refractivity contribution in [2.45, 2.75) is 13.8 Å². The van der Waals surface area contributed by atoms with Gasteiger partial charge in [0.1, 0.15) is 12.4 Å². The standard InChI is InChI=1S/C9H14N4O3/c1-4-16-7(14)5-13(3)9(15)8-10-6(2)11-12-8/h4-5H2,1-3H3,(H,10,11,12). The van der Waals surface area contributed by atoms with Gasteiger partial charge in [0.05, 0.1) is 6.61 Å². The van der Waals surface area contributed by atoms with Gasteiger partial charge in [-0.25, -0.2) is 4.98 Å². The van der Waals surface area contributed by atoms with E-state index in [9.17, 15) is 9.59 Å².